The maximum absolute atomic E-state index is 13.0. The molecule has 2 amide bonds. The SMILES string of the molecule is CC(C)C(=O)N1CCCCCCCNCc2cc(C(=O)NCCn3ccnc3)ccc21. The summed E-state index contributed by atoms with van der Waals surface area (Å²) in [6.07, 6.45) is 11.0. The molecule has 1 aliphatic rings. The van der Waals surface area contributed by atoms with Gasteiger partial charge in [0.25, 0.3) is 5.91 Å². The summed E-state index contributed by atoms with van der Waals surface area (Å²) < 4.78 is 1.93. The minimum absolute atomic E-state index is 0.0696. The molecule has 7 heteroatoms. The van der Waals surface area contributed by atoms with Crippen molar-refractivity contribution in [3.05, 3.63) is 48.0 Å². The van der Waals surface area contributed by atoms with E-state index in [4.69, 9.17) is 0 Å². The lowest BCUT2D eigenvalue weighted by Gasteiger charge is -2.28. The number of carbonyl (C=O) groups is 2. The van der Waals surface area contributed by atoms with Crippen LogP contribution in [0, 0.1) is 5.92 Å². The van der Waals surface area contributed by atoms with Crippen molar-refractivity contribution in [1.82, 2.24) is 20.2 Å². The van der Waals surface area contributed by atoms with Crippen molar-refractivity contribution in [2.75, 3.05) is 24.5 Å². The summed E-state index contributed by atoms with van der Waals surface area (Å²) in [6, 6.07) is 5.70. The Labute approximate surface area is 185 Å². The zero-order valence-electron chi connectivity index (χ0n) is 18.8. The fourth-order valence-electron chi connectivity index (χ4n) is 3.89. The number of anilines is 1. The van der Waals surface area contributed by atoms with E-state index in [0.717, 1.165) is 43.6 Å². The van der Waals surface area contributed by atoms with Crippen LogP contribution in [0.5, 0.6) is 0 Å². The summed E-state index contributed by atoms with van der Waals surface area (Å²) in [5, 5.41) is 6.47. The average Bonchev–Trinajstić information content (AvgIpc) is 3.27. The first-order valence-corrected chi connectivity index (χ1v) is 11.4. The Balaban J connectivity index is 1.78. The summed E-state index contributed by atoms with van der Waals surface area (Å²) in [7, 11) is 0. The molecule has 0 atom stereocenters. The van der Waals surface area contributed by atoms with Crippen LogP contribution >= 0.6 is 0 Å². The molecule has 2 heterocycles. The Morgan fingerprint density at radius 2 is 1.97 bits per heavy atom. The normalized spacial score (nSPS) is 15.6. The number of hydrogen-bond donors (Lipinski definition) is 2. The number of nitrogens with one attached hydrogen (secondary N) is 2. The molecule has 0 unspecified atom stereocenters. The fourth-order valence-corrected chi connectivity index (χ4v) is 3.89. The standard InChI is InChI=1S/C24H35N5O2/c1-19(2)24(31)29-13-7-5-3-4-6-10-25-17-21-16-20(8-9-22(21)29)23(30)27-12-15-28-14-11-26-18-28/h8-9,11,14,16,18-19,25H,3-7,10,12-13,15,17H2,1-2H3,(H,27,30). The quantitative estimate of drug-likeness (QED) is 0.770. The fraction of sp³-hybridized carbons (Fsp3) is 0.542. The molecule has 0 saturated carbocycles. The highest BCUT2D eigenvalue weighted by molar-refractivity contribution is 5.98. The molecule has 1 aromatic heterocycles. The summed E-state index contributed by atoms with van der Waals surface area (Å²) >= 11 is 0. The van der Waals surface area contributed by atoms with Gasteiger partial charge in [-0.3, -0.25) is 9.59 Å². The van der Waals surface area contributed by atoms with Gasteiger partial charge in [0.15, 0.2) is 0 Å². The van der Waals surface area contributed by atoms with Crippen LogP contribution in [-0.2, 0) is 17.9 Å². The van der Waals surface area contributed by atoms with Gasteiger partial charge in [0.2, 0.25) is 5.91 Å². The molecule has 0 spiro atoms. The van der Waals surface area contributed by atoms with Gasteiger partial charge in [-0.2, -0.15) is 0 Å². The van der Waals surface area contributed by atoms with Crippen LogP contribution in [0.15, 0.2) is 36.9 Å². The molecule has 31 heavy (non-hydrogen) atoms. The number of imidazole rings is 1. The molecule has 7 nitrogen and oxygen atoms in total. The van der Waals surface area contributed by atoms with Crippen LogP contribution in [0.2, 0.25) is 0 Å². The van der Waals surface area contributed by atoms with E-state index in [2.05, 4.69) is 15.6 Å². The number of rotatable bonds is 5. The topological polar surface area (TPSA) is 79.3 Å². The van der Waals surface area contributed by atoms with Gasteiger partial charge in [0, 0.05) is 55.7 Å². The number of carbonyl (C=O) groups excluding carboxylic acids is 2. The lowest BCUT2D eigenvalue weighted by atomic mass is 10.0. The van der Waals surface area contributed by atoms with Gasteiger partial charge >= 0.3 is 0 Å². The van der Waals surface area contributed by atoms with Crippen molar-refractivity contribution in [3.8, 4) is 0 Å². The van der Waals surface area contributed by atoms with Crippen LogP contribution in [0.1, 0.15) is 61.9 Å². The van der Waals surface area contributed by atoms with Gasteiger partial charge in [-0.15, -0.1) is 0 Å². The van der Waals surface area contributed by atoms with Crippen molar-refractivity contribution in [2.24, 2.45) is 5.92 Å². The first-order chi connectivity index (χ1) is 15.1. The van der Waals surface area contributed by atoms with Crippen LogP contribution in [0.25, 0.3) is 0 Å². The maximum Gasteiger partial charge on any atom is 0.251 e. The molecule has 0 fully saturated rings. The predicted molar refractivity (Wildman–Crippen MR) is 123 cm³/mol. The summed E-state index contributed by atoms with van der Waals surface area (Å²) in [6.45, 7) is 7.40. The highest BCUT2D eigenvalue weighted by Crippen LogP contribution is 2.25. The number of benzene rings is 1. The second kappa shape index (κ2) is 11.6. The van der Waals surface area contributed by atoms with Gasteiger partial charge in [0.05, 0.1) is 6.33 Å². The van der Waals surface area contributed by atoms with Crippen LogP contribution in [-0.4, -0.2) is 41.0 Å². The highest BCUT2D eigenvalue weighted by atomic mass is 16.2. The minimum Gasteiger partial charge on any atom is -0.350 e. The second-order valence-corrected chi connectivity index (χ2v) is 8.49. The first kappa shape index (κ1) is 23.0. The lowest BCUT2D eigenvalue weighted by molar-refractivity contribution is -0.121. The Kier molecular flexibility index (Phi) is 8.64. The largest absolute Gasteiger partial charge is 0.350 e. The molecule has 0 bridgehead atoms. The van der Waals surface area contributed by atoms with E-state index in [0.29, 0.717) is 25.2 Å². The molecular formula is C24H35N5O2. The van der Waals surface area contributed by atoms with Gasteiger partial charge in [-0.1, -0.05) is 33.1 Å². The summed E-state index contributed by atoms with van der Waals surface area (Å²) in [4.78, 5) is 31.6. The van der Waals surface area contributed by atoms with E-state index in [9.17, 15) is 9.59 Å². The Bertz CT molecular complexity index is 848. The number of amides is 2. The zero-order chi connectivity index (χ0) is 22.1. The Hall–Kier alpha value is -2.67. The van der Waals surface area contributed by atoms with Crippen LogP contribution in [0.4, 0.5) is 5.69 Å². The van der Waals surface area contributed by atoms with Gasteiger partial charge in [-0.25, -0.2) is 4.98 Å². The van der Waals surface area contributed by atoms with Gasteiger partial charge in [0.1, 0.15) is 0 Å². The van der Waals surface area contributed by atoms with E-state index in [1.807, 2.05) is 47.7 Å². The van der Waals surface area contributed by atoms with Crippen molar-refractivity contribution in [2.45, 2.75) is 59.0 Å². The third kappa shape index (κ3) is 6.66. The van der Waals surface area contributed by atoms with Crippen molar-refractivity contribution in [3.63, 3.8) is 0 Å². The van der Waals surface area contributed by atoms with E-state index in [1.54, 1.807) is 12.5 Å². The predicted octanol–water partition coefficient (Wildman–Crippen LogP) is 3.36. The number of fused-ring (bicyclic) bond motifs is 1. The van der Waals surface area contributed by atoms with E-state index in [-0.39, 0.29) is 17.7 Å². The number of nitrogens with zero attached hydrogens (tertiary/aromatic N) is 3. The Morgan fingerprint density at radius 3 is 2.74 bits per heavy atom. The number of hydrogen-bond acceptors (Lipinski definition) is 4. The first-order valence-electron chi connectivity index (χ1n) is 11.4. The molecule has 0 radical (unpaired) electrons. The average molecular weight is 426 g/mol. The molecule has 1 aromatic carbocycles. The van der Waals surface area contributed by atoms with Crippen molar-refractivity contribution in [1.29, 1.82) is 0 Å². The second-order valence-electron chi connectivity index (χ2n) is 8.49. The molecule has 2 N–H and O–H groups in total. The van der Waals surface area contributed by atoms with Crippen LogP contribution < -0.4 is 15.5 Å². The number of aromatic nitrogens is 2. The summed E-state index contributed by atoms with van der Waals surface area (Å²) in [5.41, 5.74) is 2.54. The lowest BCUT2D eigenvalue weighted by Crippen LogP contribution is -2.36. The van der Waals surface area contributed by atoms with Gasteiger partial charge < -0.3 is 20.1 Å². The third-order valence-electron chi connectivity index (χ3n) is 5.66. The van der Waals surface area contributed by atoms with Crippen molar-refractivity contribution >= 4 is 17.5 Å². The maximum atomic E-state index is 13.0. The summed E-state index contributed by atoms with van der Waals surface area (Å²) in [5.74, 6) is -0.0357. The Morgan fingerprint density at radius 1 is 1.16 bits per heavy atom. The molecular weight excluding hydrogens is 390 g/mol. The molecule has 0 aliphatic carbocycles. The van der Waals surface area contributed by atoms with E-state index < -0.39 is 0 Å². The van der Waals surface area contributed by atoms with Crippen molar-refractivity contribution < 1.29 is 9.59 Å². The zero-order valence-corrected chi connectivity index (χ0v) is 18.8. The highest BCUT2D eigenvalue weighted by Gasteiger charge is 2.22. The molecule has 2 aromatic rings. The molecule has 1 aliphatic heterocycles. The molecule has 0 saturated heterocycles. The monoisotopic (exact) mass is 425 g/mol. The smallest absolute Gasteiger partial charge is 0.251 e. The third-order valence-corrected chi connectivity index (χ3v) is 5.66. The molecule has 168 valence electrons. The van der Waals surface area contributed by atoms with E-state index >= 15 is 0 Å². The van der Waals surface area contributed by atoms with Crippen LogP contribution in [0.3, 0.4) is 0 Å². The van der Waals surface area contributed by atoms with E-state index in [1.165, 1.54) is 12.8 Å². The molecule has 3 rings (SSSR count). The van der Waals surface area contributed by atoms with Gasteiger partial charge in [-0.05, 0) is 43.1 Å². The minimum atomic E-state index is -0.101.